The van der Waals surface area contributed by atoms with Crippen LogP contribution in [0.1, 0.15) is 31.2 Å². The van der Waals surface area contributed by atoms with Gasteiger partial charge in [0.15, 0.2) is 0 Å². The van der Waals surface area contributed by atoms with E-state index in [2.05, 4.69) is 22.0 Å². The number of rotatable bonds is 4. The smallest absolute Gasteiger partial charge is 0.234 e. The lowest BCUT2D eigenvalue weighted by atomic mass is 10.1. The molecule has 2 heterocycles. The van der Waals surface area contributed by atoms with Gasteiger partial charge in [-0.3, -0.25) is 4.98 Å². The van der Waals surface area contributed by atoms with E-state index in [0.29, 0.717) is 18.3 Å². The van der Waals surface area contributed by atoms with Gasteiger partial charge in [0.2, 0.25) is 11.7 Å². The van der Waals surface area contributed by atoms with E-state index in [9.17, 15) is 0 Å². The standard InChI is InChI=1S/C13H16N4O/c1-2-9-4-3-7-15-10(9)11-16-12(18-17-11)13(8-14)5-6-13/h3-4,7H,2,5-6,8,14H2,1H3. The number of aromatic nitrogens is 3. The average Bonchev–Trinajstić information content (AvgIpc) is 3.08. The normalized spacial score (nSPS) is 16.8. The first-order chi connectivity index (χ1) is 8.79. The number of pyridine rings is 1. The van der Waals surface area contributed by atoms with Crippen LogP contribution >= 0.6 is 0 Å². The van der Waals surface area contributed by atoms with Crippen molar-refractivity contribution in [3.05, 3.63) is 29.8 Å². The van der Waals surface area contributed by atoms with Crippen LogP contribution in [0.3, 0.4) is 0 Å². The third kappa shape index (κ3) is 1.71. The lowest BCUT2D eigenvalue weighted by Crippen LogP contribution is -2.19. The maximum absolute atomic E-state index is 5.76. The zero-order valence-electron chi connectivity index (χ0n) is 10.4. The summed E-state index contributed by atoms with van der Waals surface area (Å²) in [6, 6.07) is 3.96. The van der Waals surface area contributed by atoms with Crippen LogP contribution in [-0.4, -0.2) is 21.7 Å². The SMILES string of the molecule is CCc1cccnc1-c1noc(C2(CN)CC2)n1. The van der Waals surface area contributed by atoms with Crippen LogP contribution in [0.25, 0.3) is 11.5 Å². The number of nitrogens with two attached hydrogens (primary N) is 1. The van der Waals surface area contributed by atoms with E-state index < -0.39 is 0 Å². The molecular weight excluding hydrogens is 228 g/mol. The minimum absolute atomic E-state index is 0.0631. The fourth-order valence-corrected chi connectivity index (χ4v) is 2.12. The van der Waals surface area contributed by atoms with Gasteiger partial charge < -0.3 is 10.3 Å². The Morgan fingerprint density at radius 3 is 2.94 bits per heavy atom. The second-order valence-electron chi connectivity index (χ2n) is 4.77. The topological polar surface area (TPSA) is 77.8 Å². The van der Waals surface area contributed by atoms with Crippen molar-refractivity contribution < 1.29 is 4.52 Å². The predicted molar refractivity (Wildman–Crippen MR) is 66.9 cm³/mol. The zero-order chi connectivity index (χ0) is 12.6. The molecule has 5 nitrogen and oxygen atoms in total. The zero-order valence-corrected chi connectivity index (χ0v) is 10.4. The molecule has 0 amide bonds. The molecule has 2 N–H and O–H groups in total. The maximum atomic E-state index is 5.76. The molecule has 2 aromatic heterocycles. The highest BCUT2D eigenvalue weighted by Crippen LogP contribution is 2.46. The molecule has 2 aromatic rings. The molecule has 5 heteroatoms. The molecule has 0 atom stereocenters. The molecule has 1 aliphatic rings. The van der Waals surface area contributed by atoms with Gasteiger partial charge in [0.05, 0.1) is 5.41 Å². The summed E-state index contributed by atoms with van der Waals surface area (Å²) in [5.74, 6) is 1.23. The molecule has 0 bridgehead atoms. The van der Waals surface area contributed by atoms with E-state index in [0.717, 1.165) is 30.5 Å². The van der Waals surface area contributed by atoms with Crippen LogP contribution in [0.2, 0.25) is 0 Å². The van der Waals surface area contributed by atoms with Gasteiger partial charge >= 0.3 is 0 Å². The summed E-state index contributed by atoms with van der Waals surface area (Å²) in [7, 11) is 0. The molecule has 1 fully saturated rings. The Hall–Kier alpha value is -1.75. The summed E-state index contributed by atoms with van der Waals surface area (Å²) >= 11 is 0. The highest BCUT2D eigenvalue weighted by molar-refractivity contribution is 5.54. The number of aryl methyl sites for hydroxylation is 1. The predicted octanol–water partition coefficient (Wildman–Crippen LogP) is 1.68. The Balaban J connectivity index is 1.98. The summed E-state index contributed by atoms with van der Waals surface area (Å²) in [5, 5.41) is 4.05. The van der Waals surface area contributed by atoms with Crippen molar-refractivity contribution in [2.45, 2.75) is 31.6 Å². The first kappa shape index (κ1) is 11.3. The van der Waals surface area contributed by atoms with E-state index in [-0.39, 0.29) is 5.41 Å². The van der Waals surface area contributed by atoms with Gasteiger partial charge in [-0.15, -0.1) is 0 Å². The Morgan fingerprint density at radius 1 is 1.44 bits per heavy atom. The summed E-state index contributed by atoms with van der Waals surface area (Å²) in [6.07, 6.45) is 4.72. The Morgan fingerprint density at radius 2 is 2.28 bits per heavy atom. The van der Waals surface area contributed by atoms with Crippen LogP contribution in [0.4, 0.5) is 0 Å². The van der Waals surface area contributed by atoms with E-state index in [4.69, 9.17) is 10.3 Å². The molecule has 0 radical (unpaired) electrons. The minimum Gasteiger partial charge on any atom is -0.338 e. The van der Waals surface area contributed by atoms with Crippen molar-refractivity contribution in [3.8, 4) is 11.5 Å². The third-order valence-corrected chi connectivity index (χ3v) is 3.61. The van der Waals surface area contributed by atoms with Crippen LogP contribution in [0.5, 0.6) is 0 Å². The largest absolute Gasteiger partial charge is 0.338 e. The minimum atomic E-state index is -0.0631. The van der Waals surface area contributed by atoms with E-state index >= 15 is 0 Å². The van der Waals surface area contributed by atoms with Crippen molar-refractivity contribution >= 4 is 0 Å². The van der Waals surface area contributed by atoms with Crippen LogP contribution in [0, 0.1) is 0 Å². The molecule has 1 aliphatic carbocycles. The van der Waals surface area contributed by atoms with Gasteiger partial charge in [0, 0.05) is 12.7 Å². The monoisotopic (exact) mass is 244 g/mol. The lowest BCUT2D eigenvalue weighted by Gasteiger charge is -2.04. The van der Waals surface area contributed by atoms with Gasteiger partial charge in [-0.05, 0) is 30.9 Å². The summed E-state index contributed by atoms with van der Waals surface area (Å²) in [4.78, 5) is 8.82. The summed E-state index contributed by atoms with van der Waals surface area (Å²) in [6.45, 7) is 2.65. The Kier molecular flexibility index (Phi) is 2.63. The fraction of sp³-hybridized carbons (Fsp3) is 0.462. The first-order valence-electron chi connectivity index (χ1n) is 6.27. The van der Waals surface area contributed by atoms with E-state index in [1.165, 1.54) is 0 Å². The number of hydrogen-bond donors (Lipinski definition) is 1. The van der Waals surface area contributed by atoms with Crippen molar-refractivity contribution in [1.29, 1.82) is 0 Å². The molecule has 0 unspecified atom stereocenters. The summed E-state index contributed by atoms with van der Waals surface area (Å²) < 4.78 is 5.36. The van der Waals surface area contributed by atoms with Crippen LogP contribution < -0.4 is 5.73 Å². The van der Waals surface area contributed by atoms with Crippen molar-refractivity contribution in [1.82, 2.24) is 15.1 Å². The highest BCUT2D eigenvalue weighted by Gasteiger charge is 2.48. The molecule has 0 aliphatic heterocycles. The van der Waals surface area contributed by atoms with E-state index in [1.54, 1.807) is 6.20 Å². The molecule has 94 valence electrons. The van der Waals surface area contributed by atoms with Gasteiger partial charge in [-0.1, -0.05) is 18.1 Å². The van der Waals surface area contributed by atoms with Crippen molar-refractivity contribution in [2.24, 2.45) is 5.73 Å². The molecule has 3 rings (SSSR count). The first-order valence-corrected chi connectivity index (χ1v) is 6.27. The average molecular weight is 244 g/mol. The van der Waals surface area contributed by atoms with Crippen molar-refractivity contribution in [3.63, 3.8) is 0 Å². The molecule has 0 saturated heterocycles. The molecule has 18 heavy (non-hydrogen) atoms. The fourth-order valence-electron chi connectivity index (χ4n) is 2.12. The van der Waals surface area contributed by atoms with Gasteiger partial charge in [-0.2, -0.15) is 4.98 Å². The van der Waals surface area contributed by atoms with Gasteiger partial charge in [0.25, 0.3) is 0 Å². The number of hydrogen-bond acceptors (Lipinski definition) is 5. The molecule has 0 aromatic carbocycles. The van der Waals surface area contributed by atoms with Crippen molar-refractivity contribution in [2.75, 3.05) is 6.54 Å². The van der Waals surface area contributed by atoms with Crippen LogP contribution in [0.15, 0.2) is 22.9 Å². The Labute approximate surface area is 105 Å². The highest BCUT2D eigenvalue weighted by atomic mass is 16.5. The van der Waals surface area contributed by atoms with Crippen LogP contribution in [-0.2, 0) is 11.8 Å². The van der Waals surface area contributed by atoms with Gasteiger partial charge in [0.1, 0.15) is 5.69 Å². The second-order valence-corrected chi connectivity index (χ2v) is 4.77. The molecule has 0 spiro atoms. The van der Waals surface area contributed by atoms with E-state index in [1.807, 2.05) is 12.1 Å². The third-order valence-electron chi connectivity index (χ3n) is 3.61. The quantitative estimate of drug-likeness (QED) is 0.885. The second kappa shape index (κ2) is 4.17. The Bertz CT molecular complexity index is 560. The molecular formula is C13H16N4O. The lowest BCUT2D eigenvalue weighted by molar-refractivity contribution is 0.347. The maximum Gasteiger partial charge on any atom is 0.234 e. The van der Waals surface area contributed by atoms with Gasteiger partial charge in [-0.25, -0.2) is 0 Å². The number of nitrogens with zero attached hydrogens (tertiary/aromatic N) is 3. The summed E-state index contributed by atoms with van der Waals surface area (Å²) in [5.41, 5.74) is 7.63. The molecule has 1 saturated carbocycles.